The number of esters is 1. The van der Waals surface area contributed by atoms with Gasteiger partial charge in [0.05, 0.1) is 13.0 Å². The molecule has 0 bridgehead atoms. The van der Waals surface area contributed by atoms with Crippen molar-refractivity contribution in [3.8, 4) is 0 Å². The number of carbonyl (C=O) groups is 1. The van der Waals surface area contributed by atoms with Crippen LogP contribution in [-0.4, -0.2) is 30.7 Å². The molecule has 1 saturated carbocycles. The van der Waals surface area contributed by atoms with E-state index in [-0.39, 0.29) is 11.5 Å². The van der Waals surface area contributed by atoms with Gasteiger partial charge < -0.3 is 15.4 Å². The van der Waals surface area contributed by atoms with Crippen LogP contribution in [0.2, 0.25) is 0 Å². The zero-order chi connectivity index (χ0) is 17.3. The molecule has 1 aliphatic heterocycles. The molecule has 0 radical (unpaired) electrons. The molecule has 132 valence electrons. The number of ether oxygens (including phenoxy) is 1. The molecule has 24 heavy (non-hydrogen) atoms. The van der Waals surface area contributed by atoms with Gasteiger partial charge in [0.25, 0.3) is 0 Å². The Hall–Kier alpha value is -1.55. The fourth-order valence-electron chi connectivity index (χ4n) is 4.49. The van der Waals surface area contributed by atoms with Gasteiger partial charge in [0, 0.05) is 29.7 Å². The van der Waals surface area contributed by atoms with Crippen molar-refractivity contribution in [2.24, 2.45) is 5.73 Å². The second-order valence-electron chi connectivity index (χ2n) is 7.73. The lowest BCUT2D eigenvalue weighted by Gasteiger charge is -2.30. The number of benzene rings is 1. The van der Waals surface area contributed by atoms with Crippen LogP contribution in [0.1, 0.15) is 63.0 Å². The van der Waals surface area contributed by atoms with Gasteiger partial charge >= 0.3 is 5.97 Å². The van der Waals surface area contributed by atoms with Crippen LogP contribution >= 0.6 is 0 Å². The Morgan fingerprint density at radius 2 is 2.25 bits per heavy atom. The van der Waals surface area contributed by atoms with E-state index in [2.05, 4.69) is 36.9 Å². The van der Waals surface area contributed by atoms with Crippen LogP contribution in [0.5, 0.6) is 0 Å². The Bertz CT molecular complexity index is 612. The average molecular weight is 330 g/mol. The van der Waals surface area contributed by atoms with Crippen molar-refractivity contribution in [1.29, 1.82) is 0 Å². The van der Waals surface area contributed by atoms with E-state index in [0.717, 1.165) is 32.2 Å². The Labute approximate surface area is 145 Å². The molecule has 2 aliphatic rings. The molecular formula is C20H30N2O2. The van der Waals surface area contributed by atoms with Gasteiger partial charge in [-0.3, -0.25) is 4.79 Å². The predicted molar refractivity (Wildman–Crippen MR) is 97.4 cm³/mol. The molecule has 0 spiro atoms. The first-order valence-electron chi connectivity index (χ1n) is 9.23. The average Bonchev–Trinajstić information content (AvgIpc) is 2.67. The molecule has 0 aromatic heterocycles. The third kappa shape index (κ3) is 3.44. The highest BCUT2D eigenvalue weighted by Crippen LogP contribution is 2.48. The molecule has 1 aliphatic carbocycles. The van der Waals surface area contributed by atoms with Gasteiger partial charge in [-0.1, -0.05) is 17.7 Å². The van der Waals surface area contributed by atoms with Gasteiger partial charge in [-0.05, 0) is 58.1 Å². The van der Waals surface area contributed by atoms with Crippen LogP contribution in [0.25, 0.3) is 0 Å². The van der Waals surface area contributed by atoms with Crippen molar-refractivity contribution in [1.82, 2.24) is 0 Å². The number of nitrogens with zero attached hydrogens (tertiary/aromatic N) is 1. The van der Waals surface area contributed by atoms with E-state index in [1.54, 1.807) is 0 Å². The lowest BCUT2D eigenvalue weighted by molar-refractivity contribution is -0.142. The van der Waals surface area contributed by atoms with Crippen LogP contribution in [-0.2, 0) is 9.53 Å². The minimum absolute atomic E-state index is 0.0996. The number of carbonyl (C=O) groups excluding carboxylic acids is 1. The summed E-state index contributed by atoms with van der Waals surface area (Å²) in [5.41, 5.74) is 10.4. The number of hydrogen-bond acceptors (Lipinski definition) is 4. The second kappa shape index (κ2) is 6.75. The number of rotatable bonds is 4. The van der Waals surface area contributed by atoms with E-state index in [1.807, 2.05) is 6.92 Å². The summed E-state index contributed by atoms with van der Waals surface area (Å²) in [5, 5.41) is 0. The van der Waals surface area contributed by atoms with E-state index < -0.39 is 0 Å². The van der Waals surface area contributed by atoms with E-state index in [9.17, 15) is 4.79 Å². The first-order valence-corrected chi connectivity index (χ1v) is 9.23. The maximum absolute atomic E-state index is 11.8. The normalized spacial score (nSPS) is 28.9. The van der Waals surface area contributed by atoms with Gasteiger partial charge in [0.15, 0.2) is 0 Å². The van der Waals surface area contributed by atoms with E-state index in [0.29, 0.717) is 25.0 Å². The summed E-state index contributed by atoms with van der Waals surface area (Å²) in [7, 11) is 0. The van der Waals surface area contributed by atoms with Crippen molar-refractivity contribution in [2.45, 2.75) is 70.4 Å². The third-order valence-corrected chi connectivity index (χ3v) is 5.55. The zero-order valence-corrected chi connectivity index (χ0v) is 15.2. The SMILES string of the molecule is CCOC(=O)CCN1c2ccc(C)cc2[C@H]2CC(C)(N)CCC[C@@H]21. The van der Waals surface area contributed by atoms with Crippen LogP contribution in [0, 0.1) is 6.92 Å². The molecule has 1 aromatic carbocycles. The first-order chi connectivity index (χ1) is 11.4. The summed E-state index contributed by atoms with van der Waals surface area (Å²) < 4.78 is 5.12. The summed E-state index contributed by atoms with van der Waals surface area (Å²) in [6.07, 6.45) is 4.84. The fourth-order valence-corrected chi connectivity index (χ4v) is 4.49. The quantitative estimate of drug-likeness (QED) is 0.858. The van der Waals surface area contributed by atoms with Gasteiger partial charge in [-0.15, -0.1) is 0 Å². The monoisotopic (exact) mass is 330 g/mol. The molecule has 1 unspecified atom stereocenters. The first kappa shape index (κ1) is 17.3. The number of fused-ring (bicyclic) bond motifs is 3. The molecule has 4 heteroatoms. The van der Waals surface area contributed by atoms with Gasteiger partial charge in [0.1, 0.15) is 0 Å². The van der Waals surface area contributed by atoms with Gasteiger partial charge in [-0.25, -0.2) is 0 Å². The summed E-state index contributed by atoms with van der Waals surface area (Å²) in [5.74, 6) is 0.367. The summed E-state index contributed by atoms with van der Waals surface area (Å²) in [4.78, 5) is 14.3. The van der Waals surface area contributed by atoms with Crippen molar-refractivity contribution in [3.05, 3.63) is 29.3 Å². The molecule has 2 N–H and O–H groups in total. The molecule has 3 rings (SSSR count). The lowest BCUT2D eigenvalue weighted by atomic mass is 9.83. The highest BCUT2D eigenvalue weighted by molar-refractivity contribution is 5.71. The highest BCUT2D eigenvalue weighted by atomic mass is 16.5. The number of aryl methyl sites for hydroxylation is 1. The van der Waals surface area contributed by atoms with Gasteiger partial charge in [-0.2, -0.15) is 0 Å². The molecule has 1 aromatic rings. The smallest absolute Gasteiger partial charge is 0.307 e. The molecule has 1 heterocycles. The molecule has 4 nitrogen and oxygen atoms in total. The molecular weight excluding hydrogens is 300 g/mol. The predicted octanol–water partition coefficient (Wildman–Crippen LogP) is 3.51. The number of hydrogen-bond donors (Lipinski definition) is 1. The van der Waals surface area contributed by atoms with Gasteiger partial charge in [0.2, 0.25) is 0 Å². The molecule has 0 saturated heterocycles. The zero-order valence-electron chi connectivity index (χ0n) is 15.2. The third-order valence-electron chi connectivity index (χ3n) is 5.55. The van der Waals surface area contributed by atoms with Crippen molar-refractivity contribution < 1.29 is 9.53 Å². The van der Waals surface area contributed by atoms with Crippen molar-refractivity contribution >= 4 is 11.7 Å². The number of anilines is 1. The maximum Gasteiger partial charge on any atom is 0.307 e. The van der Waals surface area contributed by atoms with Crippen LogP contribution in [0.15, 0.2) is 18.2 Å². The second-order valence-corrected chi connectivity index (χ2v) is 7.73. The Kier molecular flexibility index (Phi) is 4.86. The van der Waals surface area contributed by atoms with E-state index >= 15 is 0 Å². The standard InChI is InChI=1S/C20H30N2O2/c1-4-24-19(23)9-11-22-17-6-5-10-20(3,21)13-16(17)15-12-14(2)7-8-18(15)22/h7-8,12,16-17H,4-6,9-11,13,21H2,1-3H3/t16-,17+,20?/m1/s1. The molecule has 3 atom stereocenters. The van der Waals surface area contributed by atoms with Crippen LogP contribution in [0.3, 0.4) is 0 Å². The summed E-state index contributed by atoms with van der Waals surface area (Å²) >= 11 is 0. The lowest BCUT2D eigenvalue weighted by Crippen LogP contribution is -2.39. The van der Waals surface area contributed by atoms with Crippen LogP contribution < -0.4 is 10.6 Å². The van der Waals surface area contributed by atoms with E-state index in [1.165, 1.54) is 16.8 Å². The Balaban J connectivity index is 1.87. The minimum Gasteiger partial charge on any atom is -0.466 e. The van der Waals surface area contributed by atoms with Crippen molar-refractivity contribution in [3.63, 3.8) is 0 Å². The summed E-state index contributed by atoms with van der Waals surface area (Å²) in [6.45, 7) is 7.37. The summed E-state index contributed by atoms with van der Waals surface area (Å²) in [6, 6.07) is 7.17. The Morgan fingerprint density at radius 1 is 1.46 bits per heavy atom. The molecule has 0 amide bonds. The molecule has 1 fully saturated rings. The van der Waals surface area contributed by atoms with E-state index in [4.69, 9.17) is 10.5 Å². The fraction of sp³-hybridized carbons (Fsp3) is 0.650. The number of nitrogens with two attached hydrogens (primary N) is 1. The Morgan fingerprint density at radius 3 is 3.00 bits per heavy atom. The van der Waals surface area contributed by atoms with Crippen LogP contribution in [0.4, 0.5) is 5.69 Å². The highest BCUT2D eigenvalue weighted by Gasteiger charge is 2.42. The maximum atomic E-state index is 11.8. The topological polar surface area (TPSA) is 55.6 Å². The minimum atomic E-state index is -0.105. The largest absolute Gasteiger partial charge is 0.466 e. The van der Waals surface area contributed by atoms with Crippen molar-refractivity contribution in [2.75, 3.05) is 18.1 Å².